The fraction of sp³-hybridized carbons (Fsp3) is 0.500. The second-order valence-electron chi connectivity index (χ2n) is 4.94. The summed E-state index contributed by atoms with van der Waals surface area (Å²) in [5, 5.41) is 0. The number of likely N-dealkylation sites (tertiary alicyclic amines) is 1. The van der Waals surface area contributed by atoms with Gasteiger partial charge in [0.25, 0.3) is 5.91 Å². The first-order chi connectivity index (χ1) is 9.04. The van der Waals surface area contributed by atoms with Gasteiger partial charge in [-0.2, -0.15) is 0 Å². The molecule has 1 aliphatic rings. The minimum Gasteiger partial charge on any atom is -0.338 e. The third kappa shape index (κ3) is 2.89. The van der Waals surface area contributed by atoms with Crippen molar-refractivity contribution in [2.24, 2.45) is 5.92 Å². The summed E-state index contributed by atoms with van der Waals surface area (Å²) in [4.78, 5) is 13.7. The lowest BCUT2D eigenvalue weighted by Crippen LogP contribution is -2.39. The van der Waals surface area contributed by atoms with Crippen LogP contribution in [0.5, 0.6) is 0 Å². The number of nitrogens with zero attached hydrogens (tertiary/aromatic N) is 1. The highest BCUT2D eigenvalue weighted by Gasteiger charge is 2.27. The Hall–Kier alpha value is -1.16. The number of halogens is 3. The van der Waals surface area contributed by atoms with Crippen molar-refractivity contribution in [3.05, 3.63) is 34.9 Å². The number of benzene rings is 1. The predicted octanol–water partition coefficient (Wildman–Crippen LogP) is 3.36. The van der Waals surface area contributed by atoms with Crippen molar-refractivity contribution in [2.75, 3.05) is 19.0 Å². The van der Waals surface area contributed by atoms with Crippen LogP contribution in [0.4, 0.5) is 8.78 Å². The van der Waals surface area contributed by atoms with Crippen molar-refractivity contribution < 1.29 is 13.6 Å². The Morgan fingerprint density at radius 3 is 2.58 bits per heavy atom. The number of hydrogen-bond acceptors (Lipinski definition) is 1. The molecule has 1 aromatic carbocycles. The van der Waals surface area contributed by atoms with Crippen LogP contribution in [0, 0.1) is 24.5 Å². The van der Waals surface area contributed by atoms with E-state index in [0.717, 1.165) is 18.9 Å². The molecule has 0 saturated carbocycles. The highest BCUT2D eigenvalue weighted by molar-refractivity contribution is 6.18. The average Bonchev–Trinajstić information content (AvgIpc) is 2.43. The van der Waals surface area contributed by atoms with Gasteiger partial charge in [0.2, 0.25) is 0 Å². The molecule has 1 aromatic rings. The van der Waals surface area contributed by atoms with E-state index in [1.54, 1.807) is 0 Å². The fourth-order valence-corrected chi connectivity index (χ4v) is 2.61. The van der Waals surface area contributed by atoms with Gasteiger partial charge < -0.3 is 4.90 Å². The highest BCUT2D eigenvalue weighted by atomic mass is 35.5. The summed E-state index contributed by atoms with van der Waals surface area (Å²) in [6, 6.07) is 2.47. The van der Waals surface area contributed by atoms with Crippen molar-refractivity contribution >= 4 is 17.5 Å². The van der Waals surface area contributed by atoms with E-state index in [1.807, 2.05) is 0 Å². The van der Waals surface area contributed by atoms with E-state index in [0.29, 0.717) is 24.9 Å². The minimum absolute atomic E-state index is 0.278. The molecule has 5 heteroatoms. The Balaban J connectivity index is 2.19. The summed E-state index contributed by atoms with van der Waals surface area (Å²) < 4.78 is 27.6. The van der Waals surface area contributed by atoms with Gasteiger partial charge in [0, 0.05) is 19.0 Å². The normalized spacial score (nSPS) is 16.7. The lowest BCUT2D eigenvalue weighted by atomic mass is 9.98. The van der Waals surface area contributed by atoms with Gasteiger partial charge in [0.1, 0.15) is 17.2 Å². The fourth-order valence-electron chi connectivity index (χ4n) is 2.30. The van der Waals surface area contributed by atoms with Crippen LogP contribution in [-0.2, 0) is 0 Å². The van der Waals surface area contributed by atoms with E-state index >= 15 is 0 Å². The van der Waals surface area contributed by atoms with Crippen LogP contribution in [0.2, 0.25) is 0 Å². The first-order valence-corrected chi connectivity index (χ1v) is 6.88. The van der Waals surface area contributed by atoms with Crippen molar-refractivity contribution in [3.63, 3.8) is 0 Å². The molecule has 1 heterocycles. The number of rotatable bonds is 2. The van der Waals surface area contributed by atoms with Gasteiger partial charge in [-0.3, -0.25) is 4.79 Å². The molecular weight excluding hydrogens is 272 g/mol. The zero-order chi connectivity index (χ0) is 14.0. The van der Waals surface area contributed by atoms with Crippen LogP contribution >= 0.6 is 11.6 Å². The summed E-state index contributed by atoms with van der Waals surface area (Å²) in [6.45, 7) is 2.53. The molecule has 2 nitrogen and oxygen atoms in total. The van der Waals surface area contributed by atoms with E-state index in [-0.39, 0.29) is 5.56 Å². The Morgan fingerprint density at radius 2 is 2.00 bits per heavy atom. The van der Waals surface area contributed by atoms with Crippen LogP contribution in [0.15, 0.2) is 12.1 Å². The molecule has 0 radical (unpaired) electrons. The van der Waals surface area contributed by atoms with E-state index in [4.69, 9.17) is 11.6 Å². The SMILES string of the molecule is Cc1ccc(F)c(C(=O)N2CCC(CCl)CC2)c1F. The summed E-state index contributed by atoms with van der Waals surface area (Å²) >= 11 is 5.77. The van der Waals surface area contributed by atoms with Gasteiger partial charge in [-0.15, -0.1) is 11.6 Å². The lowest BCUT2D eigenvalue weighted by molar-refractivity contribution is 0.0688. The maximum Gasteiger partial charge on any atom is 0.259 e. The van der Waals surface area contributed by atoms with Crippen LogP contribution in [0.1, 0.15) is 28.8 Å². The molecule has 0 atom stereocenters. The molecule has 0 unspecified atom stereocenters. The molecule has 1 saturated heterocycles. The second-order valence-corrected chi connectivity index (χ2v) is 5.25. The maximum absolute atomic E-state index is 13.9. The zero-order valence-electron chi connectivity index (χ0n) is 10.8. The maximum atomic E-state index is 13.9. The number of alkyl halides is 1. The Kier molecular flexibility index (Phi) is 4.40. The molecule has 19 heavy (non-hydrogen) atoms. The van der Waals surface area contributed by atoms with Crippen molar-refractivity contribution in [1.82, 2.24) is 4.90 Å². The molecule has 0 aliphatic carbocycles. The summed E-state index contributed by atoms with van der Waals surface area (Å²) in [5.41, 5.74) is -0.162. The van der Waals surface area contributed by atoms with Gasteiger partial charge >= 0.3 is 0 Å². The van der Waals surface area contributed by atoms with Crippen LogP contribution in [-0.4, -0.2) is 29.8 Å². The first kappa shape index (κ1) is 14.3. The van der Waals surface area contributed by atoms with Crippen molar-refractivity contribution in [2.45, 2.75) is 19.8 Å². The molecule has 0 bridgehead atoms. The quantitative estimate of drug-likeness (QED) is 0.764. The molecule has 0 aromatic heterocycles. The Bertz CT molecular complexity index is 485. The van der Waals surface area contributed by atoms with E-state index in [1.165, 1.54) is 17.9 Å². The molecule has 1 aliphatic heterocycles. The number of carbonyl (C=O) groups excluding carboxylic acids is 1. The largest absolute Gasteiger partial charge is 0.338 e. The van der Waals surface area contributed by atoms with Gasteiger partial charge in [-0.1, -0.05) is 6.07 Å². The number of carbonyl (C=O) groups is 1. The third-order valence-electron chi connectivity index (χ3n) is 3.62. The monoisotopic (exact) mass is 287 g/mol. The second kappa shape index (κ2) is 5.87. The van der Waals surface area contributed by atoms with Crippen molar-refractivity contribution in [3.8, 4) is 0 Å². The number of aryl methyl sites for hydroxylation is 1. The summed E-state index contributed by atoms with van der Waals surface area (Å²) in [5.74, 6) is -1.17. The Morgan fingerprint density at radius 1 is 1.37 bits per heavy atom. The molecule has 1 amide bonds. The van der Waals surface area contributed by atoms with E-state index in [9.17, 15) is 13.6 Å². The summed E-state index contributed by atoms with van der Waals surface area (Å²) in [6.07, 6.45) is 1.56. The molecule has 2 rings (SSSR count). The first-order valence-electron chi connectivity index (χ1n) is 6.34. The number of amides is 1. The summed E-state index contributed by atoms with van der Waals surface area (Å²) in [7, 11) is 0. The zero-order valence-corrected chi connectivity index (χ0v) is 11.5. The van der Waals surface area contributed by atoms with Gasteiger partial charge in [-0.25, -0.2) is 8.78 Å². The van der Waals surface area contributed by atoms with Gasteiger partial charge in [0.15, 0.2) is 0 Å². The van der Waals surface area contributed by atoms with E-state index < -0.39 is 23.1 Å². The van der Waals surface area contributed by atoms with Gasteiger partial charge in [-0.05, 0) is 37.3 Å². The average molecular weight is 288 g/mol. The molecule has 1 fully saturated rings. The smallest absolute Gasteiger partial charge is 0.259 e. The van der Waals surface area contributed by atoms with Crippen LogP contribution in [0.3, 0.4) is 0 Å². The number of hydrogen-bond donors (Lipinski definition) is 0. The minimum atomic E-state index is -0.799. The molecule has 0 spiro atoms. The predicted molar refractivity (Wildman–Crippen MR) is 70.4 cm³/mol. The highest BCUT2D eigenvalue weighted by Crippen LogP contribution is 2.23. The van der Waals surface area contributed by atoms with Crippen LogP contribution in [0.25, 0.3) is 0 Å². The molecular formula is C14H16ClF2NO. The third-order valence-corrected chi connectivity index (χ3v) is 4.05. The standard InChI is InChI=1S/C14H16ClF2NO/c1-9-2-3-11(16)12(13(9)17)14(19)18-6-4-10(8-15)5-7-18/h2-3,10H,4-8H2,1H3. The number of piperidine rings is 1. The topological polar surface area (TPSA) is 20.3 Å². The Labute approximate surface area is 116 Å². The molecule has 0 N–H and O–H groups in total. The van der Waals surface area contributed by atoms with E-state index in [2.05, 4.69) is 0 Å². The molecule has 104 valence electrons. The van der Waals surface area contributed by atoms with Crippen LogP contribution < -0.4 is 0 Å². The van der Waals surface area contributed by atoms with Gasteiger partial charge in [0.05, 0.1) is 0 Å². The lowest BCUT2D eigenvalue weighted by Gasteiger charge is -2.31. The van der Waals surface area contributed by atoms with Crippen molar-refractivity contribution in [1.29, 1.82) is 0 Å².